The van der Waals surface area contributed by atoms with Gasteiger partial charge in [-0.05, 0) is 24.3 Å². The summed E-state index contributed by atoms with van der Waals surface area (Å²) in [5.74, 6) is -0.274. The fourth-order valence-corrected chi connectivity index (χ4v) is 2.02. The van der Waals surface area contributed by atoms with Gasteiger partial charge >= 0.3 is 0 Å². The Bertz CT molecular complexity index is 702. The number of carbonyl (C=O) groups excluding carboxylic acids is 1. The van der Waals surface area contributed by atoms with Crippen LogP contribution in [0.3, 0.4) is 0 Å². The lowest BCUT2D eigenvalue weighted by molar-refractivity contribution is -0.119. The SMILES string of the molecule is COc1ccccc1NCC(=O)NN=Cc1c(F)cccc1Cl. The van der Waals surface area contributed by atoms with E-state index in [1.54, 1.807) is 19.2 Å². The molecule has 0 unspecified atom stereocenters. The maximum absolute atomic E-state index is 13.5. The quantitative estimate of drug-likeness (QED) is 0.630. The predicted octanol–water partition coefficient (Wildman–Crippen LogP) is 3.05. The summed E-state index contributed by atoms with van der Waals surface area (Å²) in [4.78, 5) is 11.7. The van der Waals surface area contributed by atoms with Crippen LogP contribution in [0.5, 0.6) is 5.75 Å². The van der Waals surface area contributed by atoms with E-state index in [0.717, 1.165) is 0 Å². The number of halogens is 2. The molecule has 0 fully saturated rings. The molecular weight excluding hydrogens is 321 g/mol. The number of hydrogen-bond acceptors (Lipinski definition) is 4. The van der Waals surface area contributed by atoms with Crippen LogP contribution in [0.25, 0.3) is 0 Å². The highest BCUT2D eigenvalue weighted by molar-refractivity contribution is 6.33. The molecule has 1 amide bonds. The van der Waals surface area contributed by atoms with E-state index in [1.807, 2.05) is 12.1 Å². The third-order valence-electron chi connectivity index (χ3n) is 2.93. The molecule has 2 rings (SSSR count). The normalized spacial score (nSPS) is 10.6. The van der Waals surface area contributed by atoms with Crippen LogP contribution in [0.2, 0.25) is 5.02 Å². The van der Waals surface area contributed by atoms with Crippen LogP contribution in [0.15, 0.2) is 47.6 Å². The van der Waals surface area contributed by atoms with Crippen LogP contribution >= 0.6 is 11.6 Å². The van der Waals surface area contributed by atoms with E-state index in [2.05, 4.69) is 15.8 Å². The minimum absolute atomic E-state index is 0.0112. The molecule has 2 N–H and O–H groups in total. The Morgan fingerprint density at radius 1 is 1.30 bits per heavy atom. The van der Waals surface area contributed by atoms with Crippen LogP contribution in [0.1, 0.15) is 5.56 Å². The van der Waals surface area contributed by atoms with Crippen molar-refractivity contribution in [3.63, 3.8) is 0 Å². The van der Waals surface area contributed by atoms with Gasteiger partial charge in [0.15, 0.2) is 0 Å². The summed E-state index contributed by atoms with van der Waals surface area (Å²) in [7, 11) is 1.54. The van der Waals surface area contributed by atoms with Gasteiger partial charge in [0.2, 0.25) is 0 Å². The van der Waals surface area contributed by atoms with Gasteiger partial charge < -0.3 is 10.1 Å². The predicted molar refractivity (Wildman–Crippen MR) is 88.6 cm³/mol. The Morgan fingerprint density at radius 2 is 2.09 bits per heavy atom. The number of anilines is 1. The standard InChI is InChI=1S/C16H15ClFN3O2/c1-23-15-8-3-2-7-14(15)19-10-16(22)21-20-9-11-12(17)5-4-6-13(11)18/h2-9,19H,10H2,1H3,(H,21,22). The molecule has 0 saturated carbocycles. The van der Waals surface area contributed by atoms with Gasteiger partial charge in [0, 0.05) is 5.56 Å². The first kappa shape index (κ1) is 16.8. The Balaban J connectivity index is 1.89. The topological polar surface area (TPSA) is 62.7 Å². The number of nitrogens with one attached hydrogen (secondary N) is 2. The highest BCUT2D eigenvalue weighted by atomic mass is 35.5. The van der Waals surface area contributed by atoms with E-state index in [9.17, 15) is 9.18 Å². The van der Waals surface area contributed by atoms with E-state index in [0.29, 0.717) is 11.4 Å². The molecule has 0 radical (unpaired) electrons. The molecule has 2 aromatic rings. The van der Waals surface area contributed by atoms with Crippen molar-refractivity contribution in [3.8, 4) is 5.75 Å². The molecule has 0 aromatic heterocycles. The summed E-state index contributed by atoms with van der Waals surface area (Å²) in [5.41, 5.74) is 3.10. The third-order valence-corrected chi connectivity index (χ3v) is 3.26. The van der Waals surface area contributed by atoms with E-state index in [1.165, 1.54) is 24.4 Å². The van der Waals surface area contributed by atoms with Crippen molar-refractivity contribution in [3.05, 3.63) is 58.9 Å². The summed E-state index contributed by atoms with van der Waals surface area (Å²) >= 11 is 5.85. The minimum atomic E-state index is -0.511. The first-order valence-electron chi connectivity index (χ1n) is 6.74. The summed E-state index contributed by atoms with van der Waals surface area (Å²) in [5, 5.41) is 6.84. The average Bonchev–Trinajstić information content (AvgIpc) is 2.56. The highest BCUT2D eigenvalue weighted by Crippen LogP contribution is 2.22. The number of hydrogen-bond donors (Lipinski definition) is 2. The number of amides is 1. The zero-order valence-corrected chi connectivity index (χ0v) is 13.1. The molecule has 0 bridgehead atoms. The largest absolute Gasteiger partial charge is 0.495 e. The lowest BCUT2D eigenvalue weighted by Crippen LogP contribution is -2.26. The number of rotatable bonds is 6. The summed E-state index contributed by atoms with van der Waals surface area (Å²) in [6, 6.07) is 11.5. The molecule has 0 atom stereocenters. The lowest BCUT2D eigenvalue weighted by atomic mass is 10.2. The first-order chi connectivity index (χ1) is 11.1. The van der Waals surface area contributed by atoms with Crippen molar-refractivity contribution in [2.45, 2.75) is 0 Å². The molecular formula is C16H15ClFN3O2. The van der Waals surface area contributed by atoms with Crippen LogP contribution in [0, 0.1) is 5.82 Å². The second-order valence-electron chi connectivity index (χ2n) is 4.48. The number of para-hydroxylation sites is 2. The summed E-state index contributed by atoms with van der Waals surface area (Å²) in [6.07, 6.45) is 1.17. The van der Waals surface area contributed by atoms with Gasteiger partial charge in [-0.25, -0.2) is 9.82 Å². The summed E-state index contributed by atoms with van der Waals surface area (Å²) < 4.78 is 18.7. The van der Waals surface area contributed by atoms with Crippen molar-refractivity contribution in [2.75, 3.05) is 19.0 Å². The van der Waals surface area contributed by atoms with Crippen LogP contribution in [-0.4, -0.2) is 25.8 Å². The van der Waals surface area contributed by atoms with Crippen molar-refractivity contribution < 1.29 is 13.9 Å². The molecule has 23 heavy (non-hydrogen) atoms. The molecule has 0 spiro atoms. The van der Waals surface area contributed by atoms with Gasteiger partial charge in [0.05, 0.1) is 30.6 Å². The van der Waals surface area contributed by atoms with Crippen LogP contribution in [0.4, 0.5) is 10.1 Å². The fourth-order valence-electron chi connectivity index (χ4n) is 1.81. The summed E-state index contributed by atoms with van der Waals surface area (Å²) in [6.45, 7) is -0.0112. The third kappa shape index (κ3) is 4.69. The Hall–Kier alpha value is -2.60. The van der Waals surface area contributed by atoms with Gasteiger partial charge in [-0.3, -0.25) is 4.79 Å². The van der Waals surface area contributed by atoms with E-state index >= 15 is 0 Å². The Morgan fingerprint density at radius 3 is 2.83 bits per heavy atom. The van der Waals surface area contributed by atoms with E-state index in [4.69, 9.17) is 16.3 Å². The fraction of sp³-hybridized carbons (Fsp3) is 0.125. The van der Waals surface area contributed by atoms with Crippen molar-refractivity contribution in [2.24, 2.45) is 5.10 Å². The Kier molecular flexibility index (Phi) is 5.94. The molecule has 5 nitrogen and oxygen atoms in total. The number of benzene rings is 2. The number of carbonyl (C=O) groups is 1. The number of nitrogens with zero attached hydrogens (tertiary/aromatic N) is 1. The van der Waals surface area contributed by atoms with Crippen LogP contribution < -0.4 is 15.5 Å². The van der Waals surface area contributed by atoms with Crippen LogP contribution in [-0.2, 0) is 4.79 Å². The molecule has 0 saturated heterocycles. The molecule has 7 heteroatoms. The Labute approximate surface area is 138 Å². The molecule has 0 heterocycles. The van der Waals surface area contributed by atoms with Crippen molar-refractivity contribution in [1.82, 2.24) is 5.43 Å². The number of methoxy groups -OCH3 is 1. The maximum Gasteiger partial charge on any atom is 0.259 e. The second-order valence-corrected chi connectivity index (χ2v) is 4.89. The zero-order chi connectivity index (χ0) is 16.7. The molecule has 0 aliphatic rings. The smallest absolute Gasteiger partial charge is 0.259 e. The average molecular weight is 336 g/mol. The monoisotopic (exact) mass is 335 g/mol. The van der Waals surface area contributed by atoms with Gasteiger partial charge in [-0.15, -0.1) is 0 Å². The van der Waals surface area contributed by atoms with Gasteiger partial charge in [0.1, 0.15) is 11.6 Å². The molecule has 2 aromatic carbocycles. The van der Waals surface area contributed by atoms with E-state index < -0.39 is 5.82 Å². The maximum atomic E-state index is 13.5. The number of ether oxygens (including phenoxy) is 1. The molecule has 120 valence electrons. The zero-order valence-electron chi connectivity index (χ0n) is 12.3. The first-order valence-corrected chi connectivity index (χ1v) is 7.12. The van der Waals surface area contributed by atoms with Crippen molar-refractivity contribution >= 4 is 29.4 Å². The second kappa shape index (κ2) is 8.14. The number of hydrazone groups is 1. The minimum Gasteiger partial charge on any atom is -0.495 e. The van der Waals surface area contributed by atoms with Gasteiger partial charge in [-0.2, -0.15) is 5.10 Å². The van der Waals surface area contributed by atoms with Gasteiger partial charge in [-0.1, -0.05) is 29.8 Å². The lowest BCUT2D eigenvalue weighted by Gasteiger charge is -2.09. The van der Waals surface area contributed by atoms with Gasteiger partial charge in [0.25, 0.3) is 5.91 Å². The van der Waals surface area contributed by atoms with Crippen molar-refractivity contribution in [1.29, 1.82) is 0 Å². The van der Waals surface area contributed by atoms with E-state index in [-0.39, 0.29) is 23.0 Å². The molecule has 0 aliphatic carbocycles. The highest BCUT2D eigenvalue weighted by Gasteiger charge is 2.05. The molecule has 0 aliphatic heterocycles.